The Morgan fingerprint density at radius 2 is 1.96 bits per heavy atom. The van der Waals surface area contributed by atoms with E-state index in [2.05, 4.69) is 9.98 Å². The average molecular weight is 323 g/mol. The van der Waals surface area contributed by atoms with Crippen molar-refractivity contribution in [3.8, 4) is 17.4 Å². The molecule has 5 heteroatoms. The van der Waals surface area contributed by atoms with Crippen LogP contribution < -0.4 is 0 Å². The van der Waals surface area contributed by atoms with Crippen molar-refractivity contribution in [2.45, 2.75) is 0 Å². The monoisotopic (exact) mass is 322 g/mol. The summed E-state index contributed by atoms with van der Waals surface area (Å²) in [4.78, 5) is 8.68. The number of aromatic hydroxyl groups is 1. The Morgan fingerprint density at radius 1 is 1.09 bits per heavy atom. The van der Waals surface area contributed by atoms with Gasteiger partial charge < -0.3 is 9.52 Å². The molecule has 1 aliphatic rings. The zero-order chi connectivity index (χ0) is 15.8. The maximum absolute atomic E-state index is 10.0. The molecule has 4 rings (SSSR count). The first kappa shape index (κ1) is 13.8. The normalized spacial score (nSPS) is 14.4. The maximum Gasteiger partial charge on any atom is 0.310 e. The van der Waals surface area contributed by atoms with E-state index in [1.807, 2.05) is 30.3 Å². The highest BCUT2D eigenvalue weighted by Gasteiger charge is 2.16. The Bertz CT molecular complexity index is 957. The number of aromatic nitrogens is 1. The van der Waals surface area contributed by atoms with Gasteiger partial charge >= 0.3 is 5.95 Å². The van der Waals surface area contributed by atoms with Crippen molar-refractivity contribution in [2.24, 2.45) is 4.99 Å². The van der Waals surface area contributed by atoms with Gasteiger partial charge in [-0.1, -0.05) is 35.9 Å². The molecule has 112 valence electrons. The second-order valence-electron chi connectivity index (χ2n) is 5.09. The van der Waals surface area contributed by atoms with Gasteiger partial charge in [-0.15, -0.1) is 0 Å². The number of hydrogen-bond acceptors (Lipinski definition) is 4. The van der Waals surface area contributed by atoms with Crippen LogP contribution in [0.5, 0.6) is 5.95 Å². The van der Waals surface area contributed by atoms with E-state index in [0.29, 0.717) is 22.2 Å². The third kappa shape index (κ3) is 2.53. The summed E-state index contributed by atoms with van der Waals surface area (Å²) in [5.74, 6) is 0.0883. The number of rotatable bonds is 2. The fourth-order valence-electron chi connectivity index (χ4n) is 2.46. The number of para-hydroxylation sites is 1. The number of benzene rings is 2. The molecule has 0 amide bonds. The number of hydrogen-bond donors (Lipinski definition) is 1. The summed E-state index contributed by atoms with van der Waals surface area (Å²) in [5, 5.41) is 10.6. The number of aliphatic imine (C=N–C) groups is 1. The standard InChI is InChI=1S/C18H11ClN2O2/c19-13-5-3-4-11(8-13)17-21-16(18(22)23-17)9-12-10-20-15-7-2-1-6-14(12)15/h1-10,22H/b12-9+. The van der Waals surface area contributed by atoms with Crippen molar-refractivity contribution in [3.05, 3.63) is 64.8 Å². The van der Waals surface area contributed by atoms with E-state index in [4.69, 9.17) is 16.0 Å². The minimum absolute atomic E-state index is 0.231. The first-order valence-corrected chi connectivity index (χ1v) is 7.39. The van der Waals surface area contributed by atoms with Gasteiger partial charge in [0.15, 0.2) is 0 Å². The quantitative estimate of drug-likeness (QED) is 0.725. The van der Waals surface area contributed by atoms with Crippen LogP contribution in [0, 0.1) is 0 Å². The largest absolute Gasteiger partial charge is 0.479 e. The highest BCUT2D eigenvalue weighted by atomic mass is 35.5. The Kier molecular flexibility index (Phi) is 3.24. The van der Waals surface area contributed by atoms with Gasteiger partial charge in [0.05, 0.1) is 5.69 Å². The van der Waals surface area contributed by atoms with E-state index >= 15 is 0 Å². The lowest BCUT2D eigenvalue weighted by molar-refractivity contribution is 0.336. The molecule has 2 heterocycles. The topological polar surface area (TPSA) is 58.6 Å². The SMILES string of the molecule is Oc1oc(-c2cccc(Cl)c2)nc1/C=C1\C=Nc2ccccc21. The molecule has 0 radical (unpaired) electrons. The molecule has 0 atom stereocenters. The molecule has 1 aliphatic heterocycles. The van der Waals surface area contributed by atoms with Crippen LogP contribution in [0.2, 0.25) is 5.02 Å². The number of oxazole rings is 1. The summed E-state index contributed by atoms with van der Waals surface area (Å²) in [5.41, 5.74) is 3.84. The van der Waals surface area contributed by atoms with Crippen molar-refractivity contribution in [1.29, 1.82) is 0 Å². The number of nitrogens with zero attached hydrogens (tertiary/aromatic N) is 2. The summed E-state index contributed by atoms with van der Waals surface area (Å²) in [6.45, 7) is 0. The van der Waals surface area contributed by atoms with Crippen molar-refractivity contribution < 1.29 is 9.52 Å². The van der Waals surface area contributed by atoms with Crippen LogP contribution in [0.25, 0.3) is 23.1 Å². The fraction of sp³-hybridized carbons (Fsp3) is 0. The van der Waals surface area contributed by atoms with Gasteiger partial charge in [-0.25, -0.2) is 4.98 Å². The van der Waals surface area contributed by atoms with E-state index < -0.39 is 0 Å². The lowest BCUT2D eigenvalue weighted by atomic mass is 10.1. The molecule has 0 saturated heterocycles. The molecular weight excluding hydrogens is 312 g/mol. The van der Waals surface area contributed by atoms with Crippen LogP contribution in [-0.4, -0.2) is 16.3 Å². The second-order valence-corrected chi connectivity index (χ2v) is 5.53. The first-order chi connectivity index (χ1) is 11.2. The molecule has 4 nitrogen and oxygen atoms in total. The fourth-order valence-corrected chi connectivity index (χ4v) is 2.65. The molecule has 0 aliphatic carbocycles. The number of allylic oxidation sites excluding steroid dienone is 1. The molecule has 0 bridgehead atoms. The van der Waals surface area contributed by atoms with Crippen LogP contribution in [0.15, 0.2) is 57.9 Å². The smallest absolute Gasteiger partial charge is 0.310 e. The summed E-state index contributed by atoms with van der Waals surface area (Å²) >= 11 is 5.97. The average Bonchev–Trinajstić information content (AvgIpc) is 3.13. The zero-order valence-corrected chi connectivity index (χ0v) is 12.7. The van der Waals surface area contributed by atoms with Crippen LogP contribution in [-0.2, 0) is 0 Å². The van der Waals surface area contributed by atoms with Crippen molar-refractivity contribution in [1.82, 2.24) is 4.98 Å². The zero-order valence-electron chi connectivity index (χ0n) is 11.9. The van der Waals surface area contributed by atoms with E-state index in [-0.39, 0.29) is 5.95 Å². The lowest BCUT2D eigenvalue weighted by Crippen LogP contribution is -1.82. The summed E-state index contributed by atoms with van der Waals surface area (Å²) in [6.07, 6.45) is 3.50. The second kappa shape index (κ2) is 5.41. The Morgan fingerprint density at radius 3 is 2.83 bits per heavy atom. The lowest BCUT2D eigenvalue weighted by Gasteiger charge is -1.97. The Labute approximate surface area is 137 Å². The van der Waals surface area contributed by atoms with Crippen LogP contribution in [0.1, 0.15) is 11.3 Å². The molecule has 1 aromatic heterocycles. The van der Waals surface area contributed by atoms with Gasteiger partial charge in [-0.3, -0.25) is 4.99 Å². The van der Waals surface area contributed by atoms with Crippen LogP contribution in [0.3, 0.4) is 0 Å². The van der Waals surface area contributed by atoms with Gasteiger partial charge in [-0.2, -0.15) is 0 Å². The van der Waals surface area contributed by atoms with Gasteiger partial charge in [0.2, 0.25) is 5.89 Å². The van der Waals surface area contributed by atoms with Crippen molar-refractivity contribution >= 4 is 35.2 Å². The highest BCUT2D eigenvalue weighted by Crippen LogP contribution is 2.35. The minimum Gasteiger partial charge on any atom is -0.479 e. The molecule has 1 N–H and O–H groups in total. The van der Waals surface area contributed by atoms with Gasteiger partial charge in [0.25, 0.3) is 0 Å². The van der Waals surface area contributed by atoms with Crippen LogP contribution >= 0.6 is 11.6 Å². The summed E-state index contributed by atoms with van der Waals surface area (Å²) in [7, 11) is 0. The predicted octanol–water partition coefficient (Wildman–Crippen LogP) is 4.96. The van der Waals surface area contributed by atoms with Gasteiger partial charge in [0.1, 0.15) is 5.69 Å². The first-order valence-electron chi connectivity index (χ1n) is 7.01. The molecule has 23 heavy (non-hydrogen) atoms. The number of fused-ring (bicyclic) bond motifs is 1. The highest BCUT2D eigenvalue weighted by molar-refractivity contribution is 6.30. The summed E-state index contributed by atoms with van der Waals surface area (Å²) in [6, 6.07) is 14.9. The molecular formula is C18H11ClN2O2. The molecule has 3 aromatic rings. The Hall–Kier alpha value is -2.85. The molecule has 0 unspecified atom stereocenters. The van der Waals surface area contributed by atoms with Crippen molar-refractivity contribution in [2.75, 3.05) is 0 Å². The third-order valence-corrected chi connectivity index (χ3v) is 3.79. The third-order valence-electron chi connectivity index (χ3n) is 3.56. The van der Waals surface area contributed by atoms with E-state index in [1.165, 1.54) is 0 Å². The number of halogens is 1. The van der Waals surface area contributed by atoms with Crippen molar-refractivity contribution in [3.63, 3.8) is 0 Å². The van der Waals surface area contributed by atoms with E-state index in [1.54, 1.807) is 30.5 Å². The van der Waals surface area contributed by atoms with E-state index in [0.717, 1.165) is 16.8 Å². The Balaban J connectivity index is 1.75. The summed E-state index contributed by atoms with van der Waals surface area (Å²) < 4.78 is 5.35. The maximum atomic E-state index is 10.0. The predicted molar refractivity (Wildman–Crippen MR) is 91.1 cm³/mol. The van der Waals surface area contributed by atoms with E-state index in [9.17, 15) is 5.11 Å². The van der Waals surface area contributed by atoms with Gasteiger partial charge in [0, 0.05) is 27.9 Å². The molecule has 0 saturated carbocycles. The van der Waals surface area contributed by atoms with Crippen LogP contribution in [0.4, 0.5) is 5.69 Å². The molecule has 0 spiro atoms. The van der Waals surface area contributed by atoms with Gasteiger partial charge in [-0.05, 0) is 30.3 Å². The molecule has 0 fully saturated rings. The molecule has 2 aromatic carbocycles. The minimum atomic E-state index is -0.231.